The lowest BCUT2D eigenvalue weighted by atomic mass is 9.94. The predicted octanol–water partition coefficient (Wildman–Crippen LogP) is 5.44. The van der Waals surface area contributed by atoms with Crippen molar-refractivity contribution in [3.8, 4) is 11.1 Å². The highest BCUT2D eigenvalue weighted by Crippen LogP contribution is 2.28. The minimum absolute atomic E-state index is 0.466. The number of nitrogens with zero attached hydrogens (tertiary/aromatic N) is 1. The smallest absolute Gasteiger partial charge is 0.0916 e. The fraction of sp³-hybridized carbons (Fsp3) is 0.280. The van der Waals surface area contributed by atoms with Crippen molar-refractivity contribution in [2.45, 2.75) is 33.4 Å². The quantitative estimate of drug-likeness (QED) is 0.633. The summed E-state index contributed by atoms with van der Waals surface area (Å²) < 4.78 is 0. The number of hydrogen-bond donors (Lipinski definition) is 1. The van der Waals surface area contributed by atoms with E-state index in [1.807, 2.05) is 30.3 Å². The highest BCUT2D eigenvalue weighted by molar-refractivity contribution is 5.71. The molecule has 3 rings (SSSR count). The SMILES string of the molecule is Cc1ccc(C)c(-c2ccc(CN(C)CC(O)c3ccccc3)cc2C)c1. The van der Waals surface area contributed by atoms with Crippen molar-refractivity contribution >= 4 is 0 Å². The van der Waals surface area contributed by atoms with Crippen LogP contribution in [-0.4, -0.2) is 23.6 Å². The minimum atomic E-state index is -0.466. The van der Waals surface area contributed by atoms with Crippen molar-refractivity contribution in [2.75, 3.05) is 13.6 Å². The second-order valence-electron chi connectivity index (χ2n) is 7.59. The van der Waals surface area contributed by atoms with Crippen LogP contribution in [0.15, 0.2) is 66.7 Å². The molecule has 0 aliphatic carbocycles. The molecule has 0 aliphatic heterocycles. The zero-order chi connectivity index (χ0) is 19.4. The van der Waals surface area contributed by atoms with Crippen LogP contribution in [0.5, 0.6) is 0 Å². The van der Waals surface area contributed by atoms with Gasteiger partial charge in [0.2, 0.25) is 0 Å². The summed E-state index contributed by atoms with van der Waals surface area (Å²) >= 11 is 0. The molecule has 2 heteroatoms. The third-order valence-electron chi connectivity index (χ3n) is 5.10. The fourth-order valence-electron chi connectivity index (χ4n) is 3.60. The molecule has 0 saturated heterocycles. The largest absolute Gasteiger partial charge is 0.387 e. The zero-order valence-corrected chi connectivity index (χ0v) is 16.7. The molecule has 3 aromatic carbocycles. The van der Waals surface area contributed by atoms with E-state index in [1.54, 1.807) is 0 Å². The van der Waals surface area contributed by atoms with E-state index in [0.29, 0.717) is 6.54 Å². The average Bonchev–Trinajstić information content (AvgIpc) is 2.65. The second-order valence-corrected chi connectivity index (χ2v) is 7.59. The number of aliphatic hydroxyl groups is 1. The first kappa shape index (κ1) is 19.3. The first-order valence-corrected chi connectivity index (χ1v) is 9.53. The standard InChI is InChI=1S/C25H29NO/c1-18-10-11-19(2)24(14-18)23-13-12-21(15-20(23)3)16-26(4)17-25(27)22-8-6-5-7-9-22/h5-15,25,27H,16-17H2,1-4H3. The van der Waals surface area contributed by atoms with Gasteiger partial charge >= 0.3 is 0 Å². The van der Waals surface area contributed by atoms with Crippen molar-refractivity contribution < 1.29 is 5.11 Å². The molecule has 0 aromatic heterocycles. The van der Waals surface area contributed by atoms with Crippen LogP contribution in [-0.2, 0) is 6.54 Å². The van der Waals surface area contributed by atoms with Gasteiger partial charge in [-0.05, 0) is 61.2 Å². The molecule has 1 unspecified atom stereocenters. The molecule has 140 valence electrons. The van der Waals surface area contributed by atoms with Gasteiger partial charge < -0.3 is 5.11 Å². The normalized spacial score (nSPS) is 12.4. The maximum Gasteiger partial charge on any atom is 0.0916 e. The van der Waals surface area contributed by atoms with Crippen LogP contribution in [0, 0.1) is 20.8 Å². The summed E-state index contributed by atoms with van der Waals surface area (Å²) in [5.41, 5.74) is 8.72. The van der Waals surface area contributed by atoms with Crippen molar-refractivity contribution in [2.24, 2.45) is 0 Å². The van der Waals surface area contributed by atoms with Crippen LogP contribution in [0.2, 0.25) is 0 Å². The molecule has 0 amide bonds. The van der Waals surface area contributed by atoms with Gasteiger partial charge in [-0.15, -0.1) is 0 Å². The molecule has 2 nitrogen and oxygen atoms in total. The van der Waals surface area contributed by atoms with E-state index in [4.69, 9.17) is 0 Å². The Morgan fingerprint density at radius 3 is 2.26 bits per heavy atom. The van der Waals surface area contributed by atoms with Crippen LogP contribution in [0.1, 0.15) is 33.9 Å². The molecule has 0 aliphatic rings. The fourth-order valence-corrected chi connectivity index (χ4v) is 3.60. The Hall–Kier alpha value is -2.42. The monoisotopic (exact) mass is 359 g/mol. The van der Waals surface area contributed by atoms with E-state index < -0.39 is 6.10 Å². The number of likely N-dealkylation sites (N-methyl/N-ethyl adjacent to an activating group) is 1. The van der Waals surface area contributed by atoms with Gasteiger partial charge in [-0.3, -0.25) is 4.90 Å². The van der Waals surface area contributed by atoms with Crippen molar-refractivity contribution in [3.05, 3.63) is 94.5 Å². The Morgan fingerprint density at radius 1 is 0.815 bits per heavy atom. The summed E-state index contributed by atoms with van der Waals surface area (Å²) in [5.74, 6) is 0. The molecule has 0 heterocycles. The van der Waals surface area contributed by atoms with Gasteiger partial charge in [0.05, 0.1) is 6.10 Å². The molecule has 0 fully saturated rings. The van der Waals surface area contributed by atoms with E-state index in [1.165, 1.54) is 33.4 Å². The zero-order valence-electron chi connectivity index (χ0n) is 16.7. The van der Waals surface area contributed by atoms with E-state index in [2.05, 4.69) is 69.1 Å². The van der Waals surface area contributed by atoms with Gasteiger partial charge in [0.15, 0.2) is 0 Å². The minimum Gasteiger partial charge on any atom is -0.387 e. The number of hydrogen-bond acceptors (Lipinski definition) is 2. The molecule has 1 atom stereocenters. The van der Waals surface area contributed by atoms with Crippen LogP contribution >= 0.6 is 0 Å². The third-order valence-corrected chi connectivity index (χ3v) is 5.10. The third kappa shape index (κ3) is 4.85. The molecule has 0 radical (unpaired) electrons. The van der Waals surface area contributed by atoms with E-state index in [9.17, 15) is 5.11 Å². The molecular formula is C25H29NO. The van der Waals surface area contributed by atoms with Crippen molar-refractivity contribution in [3.63, 3.8) is 0 Å². The van der Waals surface area contributed by atoms with Crippen LogP contribution < -0.4 is 0 Å². The Balaban J connectivity index is 1.71. The maximum absolute atomic E-state index is 10.4. The second kappa shape index (κ2) is 8.51. The molecule has 0 bridgehead atoms. The number of aryl methyl sites for hydroxylation is 3. The Labute approximate surface area is 163 Å². The lowest BCUT2D eigenvalue weighted by Crippen LogP contribution is -2.24. The molecule has 0 saturated carbocycles. The highest BCUT2D eigenvalue weighted by atomic mass is 16.3. The van der Waals surface area contributed by atoms with E-state index in [0.717, 1.165) is 12.1 Å². The molecular weight excluding hydrogens is 330 g/mol. The lowest BCUT2D eigenvalue weighted by Gasteiger charge is -2.21. The van der Waals surface area contributed by atoms with E-state index >= 15 is 0 Å². The van der Waals surface area contributed by atoms with Crippen LogP contribution in [0.3, 0.4) is 0 Å². The van der Waals surface area contributed by atoms with Gasteiger partial charge in [-0.1, -0.05) is 72.3 Å². The van der Waals surface area contributed by atoms with Gasteiger partial charge in [-0.25, -0.2) is 0 Å². The topological polar surface area (TPSA) is 23.5 Å². The van der Waals surface area contributed by atoms with Crippen LogP contribution in [0.25, 0.3) is 11.1 Å². The van der Waals surface area contributed by atoms with Crippen molar-refractivity contribution in [1.29, 1.82) is 0 Å². The number of benzene rings is 3. The predicted molar refractivity (Wildman–Crippen MR) is 114 cm³/mol. The summed E-state index contributed by atoms with van der Waals surface area (Å²) in [4.78, 5) is 2.17. The first-order valence-electron chi connectivity index (χ1n) is 9.53. The summed E-state index contributed by atoms with van der Waals surface area (Å²) in [5, 5.41) is 10.4. The number of aliphatic hydroxyl groups excluding tert-OH is 1. The van der Waals surface area contributed by atoms with Gasteiger partial charge in [0.25, 0.3) is 0 Å². The van der Waals surface area contributed by atoms with Gasteiger partial charge in [0.1, 0.15) is 0 Å². The van der Waals surface area contributed by atoms with Crippen molar-refractivity contribution in [1.82, 2.24) is 4.90 Å². The Bertz CT molecular complexity index is 901. The summed E-state index contributed by atoms with van der Waals surface area (Å²) in [6.45, 7) is 7.92. The average molecular weight is 360 g/mol. The Kier molecular flexibility index (Phi) is 6.10. The first-order chi connectivity index (χ1) is 12.9. The molecule has 1 N–H and O–H groups in total. The maximum atomic E-state index is 10.4. The summed E-state index contributed by atoms with van der Waals surface area (Å²) in [7, 11) is 2.06. The van der Waals surface area contributed by atoms with Gasteiger partial charge in [0, 0.05) is 13.1 Å². The van der Waals surface area contributed by atoms with Gasteiger partial charge in [-0.2, -0.15) is 0 Å². The Morgan fingerprint density at radius 2 is 1.56 bits per heavy atom. The molecule has 0 spiro atoms. The summed E-state index contributed by atoms with van der Waals surface area (Å²) in [6.07, 6.45) is -0.466. The molecule has 27 heavy (non-hydrogen) atoms. The summed E-state index contributed by atoms with van der Waals surface area (Å²) in [6, 6.07) is 23.2. The number of rotatable bonds is 6. The van der Waals surface area contributed by atoms with E-state index in [-0.39, 0.29) is 0 Å². The lowest BCUT2D eigenvalue weighted by molar-refractivity contribution is 0.124. The highest BCUT2D eigenvalue weighted by Gasteiger charge is 2.12. The molecule has 3 aromatic rings. The van der Waals surface area contributed by atoms with Crippen LogP contribution in [0.4, 0.5) is 0 Å².